The van der Waals surface area contributed by atoms with Gasteiger partial charge in [0, 0.05) is 52.4 Å². The van der Waals surface area contributed by atoms with Crippen LogP contribution in [0.2, 0.25) is 0 Å². The minimum Gasteiger partial charge on any atom is -0.480 e. The molecule has 0 aromatic heterocycles. The van der Waals surface area contributed by atoms with E-state index in [0.717, 1.165) is 45.1 Å². The third-order valence-electron chi connectivity index (χ3n) is 11.6. The van der Waals surface area contributed by atoms with Crippen molar-refractivity contribution >= 4 is 25.7 Å². The molecule has 1 aliphatic rings. The van der Waals surface area contributed by atoms with Crippen LogP contribution in [0.5, 0.6) is 0 Å². The van der Waals surface area contributed by atoms with Gasteiger partial charge >= 0.3 is 25.7 Å². The first-order valence-electron chi connectivity index (χ1n) is 23.7. The molecule has 62 heavy (non-hydrogen) atoms. The SMILES string of the molecule is C[N+](C)(C)CCOP(=O)(O)OCCCCCCCCCCCCCCCCCCc1ccc(CCCN2CCN(CC(=O)O)CCN(CC(=O)O)CCN(CC(=O)O)CC2)cc1. The van der Waals surface area contributed by atoms with Crippen LogP contribution in [-0.2, 0) is 40.8 Å². The average molecular weight is 899 g/mol. The quantitative estimate of drug-likeness (QED) is 0.0325. The Morgan fingerprint density at radius 3 is 1.16 bits per heavy atom. The van der Waals surface area contributed by atoms with Crippen molar-refractivity contribution in [2.75, 3.05) is 119 Å². The summed E-state index contributed by atoms with van der Waals surface area (Å²) in [5, 5.41) is 28.3. The van der Waals surface area contributed by atoms with Crippen molar-refractivity contribution in [2.45, 2.75) is 122 Å². The van der Waals surface area contributed by atoms with Crippen molar-refractivity contribution in [1.82, 2.24) is 19.6 Å². The lowest BCUT2D eigenvalue weighted by Crippen LogP contribution is -2.48. The van der Waals surface area contributed by atoms with Gasteiger partial charge in [-0.25, -0.2) is 4.57 Å². The summed E-state index contributed by atoms with van der Waals surface area (Å²) in [4.78, 5) is 52.2. The largest absolute Gasteiger partial charge is 0.480 e. The standard InChI is InChI=1S/C46H84N5O10P/c1-51(2,3)36-38-61-62(58,59)60-37-19-17-15-13-11-9-7-5-4-6-8-10-12-14-16-18-21-42-23-25-43(26-24-42)22-20-27-47-28-30-48(39-44(52)53)32-34-50(41-46(56)57)35-33-49(31-29-47)40-45(54)55/h23-26H,4-22,27-41H2,1-3H3,(H3-,52,53,54,55,56,57,58,59)/p+1. The smallest absolute Gasteiger partial charge is 0.472 e. The zero-order chi connectivity index (χ0) is 45.5. The number of nitrogens with zero attached hydrogens (tertiary/aromatic N) is 5. The van der Waals surface area contributed by atoms with Gasteiger partial charge in [-0.2, -0.15) is 0 Å². The van der Waals surface area contributed by atoms with Gasteiger partial charge in [-0.05, 0) is 49.8 Å². The van der Waals surface area contributed by atoms with E-state index in [1.54, 1.807) is 4.90 Å². The number of aryl methyl sites for hydroxylation is 2. The zero-order valence-electron chi connectivity index (χ0n) is 38.8. The summed E-state index contributed by atoms with van der Waals surface area (Å²) in [5.41, 5.74) is 2.68. The van der Waals surface area contributed by atoms with Crippen molar-refractivity contribution in [2.24, 2.45) is 0 Å². The van der Waals surface area contributed by atoms with Gasteiger partial charge in [-0.1, -0.05) is 114 Å². The van der Waals surface area contributed by atoms with Crippen LogP contribution in [0.3, 0.4) is 0 Å². The number of carboxylic acid groups (broad SMARTS) is 3. The highest BCUT2D eigenvalue weighted by molar-refractivity contribution is 7.47. The fraction of sp³-hybridized carbons (Fsp3) is 0.804. The average Bonchev–Trinajstić information content (AvgIpc) is 3.19. The number of carboxylic acids is 3. The molecule has 358 valence electrons. The predicted octanol–water partition coefficient (Wildman–Crippen LogP) is 6.72. The van der Waals surface area contributed by atoms with Crippen LogP contribution in [0.15, 0.2) is 24.3 Å². The van der Waals surface area contributed by atoms with Gasteiger partial charge in [-0.3, -0.25) is 38.1 Å². The van der Waals surface area contributed by atoms with Crippen LogP contribution in [-0.4, -0.2) is 182 Å². The molecule has 1 heterocycles. The summed E-state index contributed by atoms with van der Waals surface area (Å²) >= 11 is 0. The Morgan fingerprint density at radius 2 is 0.806 bits per heavy atom. The molecule has 1 fully saturated rings. The van der Waals surface area contributed by atoms with Gasteiger partial charge in [0.15, 0.2) is 0 Å². The van der Waals surface area contributed by atoms with Crippen LogP contribution < -0.4 is 0 Å². The van der Waals surface area contributed by atoms with E-state index in [0.29, 0.717) is 63.4 Å². The minimum absolute atomic E-state index is 0.105. The van der Waals surface area contributed by atoms with Crippen molar-refractivity contribution < 1.29 is 52.7 Å². The van der Waals surface area contributed by atoms with Gasteiger partial charge in [0.05, 0.1) is 47.4 Å². The van der Waals surface area contributed by atoms with E-state index in [1.165, 1.54) is 94.6 Å². The van der Waals surface area contributed by atoms with Gasteiger partial charge in [0.2, 0.25) is 0 Å². The normalized spacial score (nSPS) is 16.7. The van der Waals surface area contributed by atoms with Crippen molar-refractivity contribution in [3.05, 3.63) is 35.4 Å². The highest BCUT2D eigenvalue weighted by atomic mass is 31.2. The highest BCUT2D eigenvalue weighted by Gasteiger charge is 2.23. The lowest BCUT2D eigenvalue weighted by Gasteiger charge is -2.33. The van der Waals surface area contributed by atoms with E-state index in [4.69, 9.17) is 9.05 Å². The molecule has 0 saturated carbocycles. The summed E-state index contributed by atoms with van der Waals surface area (Å²) in [6.07, 6.45) is 22.8. The maximum absolute atomic E-state index is 11.9. The second-order valence-electron chi connectivity index (χ2n) is 18.3. The van der Waals surface area contributed by atoms with Crippen molar-refractivity contribution in [3.63, 3.8) is 0 Å². The molecule has 0 radical (unpaired) electrons. The molecular weight excluding hydrogens is 814 g/mol. The van der Waals surface area contributed by atoms with E-state index in [1.807, 2.05) is 30.9 Å². The number of benzene rings is 1. The van der Waals surface area contributed by atoms with Gasteiger partial charge in [0.25, 0.3) is 0 Å². The Balaban J connectivity index is 1.52. The number of hydrogen-bond donors (Lipinski definition) is 4. The van der Waals surface area contributed by atoms with Gasteiger partial charge in [-0.15, -0.1) is 0 Å². The number of quaternary nitrogens is 1. The number of hydrogen-bond acceptors (Lipinski definition) is 10. The molecule has 16 heteroatoms. The first-order valence-corrected chi connectivity index (χ1v) is 25.1. The van der Waals surface area contributed by atoms with E-state index in [9.17, 15) is 39.2 Å². The number of rotatable bonds is 34. The molecule has 1 aromatic rings. The molecule has 1 saturated heterocycles. The second kappa shape index (κ2) is 33.1. The summed E-state index contributed by atoms with van der Waals surface area (Å²) < 4.78 is 22.8. The summed E-state index contributed by atoms with van der Waals surface area (Å²) in [5.74, 6) is -2.78. The molecule has 1 atom stereocenters. The van der Waals surface area contributed by atoms with Crippen LogP contribution in [0, 0.1) is 0 Å². The van der Waals surface area contributed by atoms with E-state index in [-0.39, 0.29) is 32.8 Å². The first-order chi connectivity index (χ1) is 29.6. The Morgan fingerprint density at radius 1 is 0.500 bits per heavy atom. The topological polar surface area (TPSA) is 181 Å². The maximum atomic E-state index is 11.9. The van der Waals surface area contributed by atoms with E-state index >= 15 is 0 Å². The Labute approximate surface area is 373 Å². The summed E-state index contributed by atoms with van der Waals surface area (Å²) in [6, 6.07) is 8.99. The molecule has 1 aliphatic heterocycles. The lowest BCUT2D eigenvalue weighted by molar-refractivity contribution is -0.870. The number of unbranched alkanes of at least 4 members (excludes halogenated alkanes) is 15. The molecule has 2 rings (SSSR count). The molecule has 15 nitrogen and oxygen atoms in total. The van der Waals surface area contributed by atoms with Crippen molar-refractivity contribution in [1.29, 1.82) is 0 Å². The summed E-state index contributed by atoms with van der Waals surface area (Å²) in [7, 11) is 2.09. The lowest BCUT2D eigenvalue weighted by atomic mass is 10.0. The monoisotopic (exact) mass is 899 g/mol. The van der Waals surface area contributed by atoms with Crippen LogP contribution >= 0.6 is 7.82 Å². The Hall–Kier alpha value is -2.46. The number of phosphoric acid groups is 1. The van der Waals surface area contributed by atoms with Crippen LogP contribution in [0.25, 0.3) is 0 Å². The van der Waals surface area contributed by atoms with E-state index < -0.39 is 25.7 Å². The molecule has 1 aromatic carbocycles. The molecule has 1 unspecified atom stereocenters. The third-order valence-corrected chi connectivity index (χ3v) is 12.6. The molecule has 0 bridgehead atoms. The zero-order valence-corrected chi connectivity index (χ0v) is 39.7. The van der Waals surface area contributed by atoms with Crippen LogP contribution in [0.4, 0.5) is 0 Å². The Kier molecular flexibility index (Phi) is 29.7. The van der Waals surface area contributed by atoms with Crippen LogP contribution in [0.1, 0.15) is 120 Å². The molecule has 4 N–H and O–H groups in total. The van der Waals surface area contributed by atoms with Gasteiger partial charge < -0.3 is 29.6 Å². The third kappa shape index (κ3) is 31.4. The molecule has 0 spiro atoms. The minimum atomic E-state index is -3.94. The summed E-state index contributed by atoms with van der Waals surface area (Å²) in [6.45, 7) is 5.62. The highest BCUT2D eigenvalue weighted by Crippen LogP contribution is 2.43. The maximum Gasteiger partial charge on any atom is 0.472 e. The molecule has 0 aliphatic carbocycles. The first kappa shape index (κ1) is 55.7. The number of aliphatic carboxylic acids is 3. The van der Waals surface area contributed by atoms with Crippen molar-refractivity contribution in [3.8, 4) is 0 Å². The molecular formula is C46H85N5O10P+. The predicted molar refractivity (Wildman–Crippen MR) is 246 cm³/mol. The fourth-order valence-electron chi connectivity index (χ4n) is 7.78. The number of phosphoric ester groups is 1. The fourth-order valence-corrected chi connectivity index (χ4v) is 8.53. The molecule has 0 amide bonds. The number of carbonyl (C=O) groups is 3. The number of likely N-dealkylation sites (N-methyl/N-ethyl adjacent to an activating group) is 1. The second-order valence-corrected chi connectivity index (χ2v) is 19.8. The Bertz CT molecular complexity index is 1370. The van der Waals surface area contributed by atoms with E-state index in [2.05, 4.69) is 29.2 Å². The van der Waals surface area contributed by atoms with Gasteiger partial charge in [0.1, 0.15) is 13.2 Å².